The minimum atomic E-state index is 0.148. The normalized spacial score (nSPS) is 12.2. The standard InChI is InChI=1S/C29H60N2O/c1-4-7-9-10-11-12-13-14-15-16-17-18-19-20-21-22-23-24-25-26-29(32)31-28(6-3)30-27-8-5-2/h28,30H,4-27H2,1-3H3,(H,31,32). The van der Waals surface area contributed by atoms with Crippen molar-refractivity contribution in [3.8, 4) is 0 Å². The van der Waals surface area contributed by atoms with Crippen LogP contribution < -0.4 is 10.6 Å². The van der Waals surface area contributed by atoms with Crippen LogP contribution in [-0.2, 0) is 4.79 Å². The number of amides is 1. The van der Waals surface area contributed by atoms with E-state index in [4.69, 9.17) is 0 Å². The van der Waals surface area contributed by atoms with E-state index in [0.717, 1.165) is 19.4 Å². The number of carbonyl (C=O) groups is 1. The van der Waals surface area contributed by atoms with Gasteiger partial charge >= 0.3 is 0 Å². The van der Waals surface area contributed by atoms with Gasteiger partial charge in [0.05, 0.1) is 6.17 Å². The highest BCUT2D eigenvalue weighted by Gasteiger charge is 2.08. The minimum absolute atomic E-state index is 0.148. The first-order valence-corrected chi connectivity index (χ1v) is 14.8. The smallest absolute Gasteiger partial charge is 0.221 e. The van der Waals surface area contributed by atoms with Gasteiger partial charge in [-0.3, -0.25) is 10.1 Å². The van der Waals surface area contributed by atoms with Crippen molar-refractivity contribution >= 4 is 5.91 Å². The van der Waals surface area contributed by atoms with E-state index >= 15 is 0 Å². The lowest BCUT2D eigenvalue weighted by molar-refractivity contribution is -0.122. The van der Waals surface area contributed by atoms with Crippen molar-refractivity contribution in [2.24, 2.45) is 0 Å². The van der Waals surface area contributed by atoms with Crippen LogP contribution in [0.15, 0.2) is 0 Å². The van der Waals surface area contributed by atoms with Crippen LogP contribution in [0.1, 0.15) is 168 Å². The van der Waals surface area contributed by atoms with Crippen LogP contribution in [0.5, 0.6) is 0 Å². The van der Waals surface area contributed by atoms with Gasteiger partial charge in [0.25, 0.3) is 0 Å². The second-order valence-corrected chi connectivity index (χ2v) is 9.95. The molecule has 0 fully saturated rings. The quantitative estimate of drug-likeness (QED) is 0.101. The zero-order valence-corrected chi connectivity index (χ0v) is 22.5. The van der Waals surface area contributed by atoms with Crippen LogP contribution in [0.4, 0.5) is 0 Å². The minimum Gasteiger partial charge on any atom is -0.341 e. The summed E-state index contributed by atoms with van der Waals surface area (Å²) in [6, 6.07) is 0. The van der Waals surface area contributed by atoms with Gasteiger partial charge in [0.2, 0.25) is 5.91 Å². The lowest BCUT2D eigenvalue weighted by Crippen LogP contribution is -2.45. The molecule has 0 aromatic rings. The van der Waals surface area contributed by atoms with E-state index in [1.54, 1.807) is 0 Å². The van der Waals surface area contributed by atoms with E-state index < -0.39 is 0 Å². The molecular weight excluding hydrogens is 392 g/mol. The van der Waals surface area contributed by atoms with Gasteiger partial charge in [-0.1, -0.05) is 143 Å². The van der Waals surface area contributed by atoms with Gasteiger partial charge in [-0.2, -0.15) is 0 Å². The van der Waals surface area contributed by atoms with Crippen molar-refractivity contribution < 1.29 is 4.79 Å². The van der Waals surface area contributed by atoms with Gasteiger partial charge in [-0.25, -0.2) is 0 Å². The zero-order valence-electron chi connectivity index (χ0n) is 22.5. The first-order valence-electron chi connectivity index (χ1n) is 14.8. The topological polar surface area (TPSA) is 41.1 Å². The molecule has 0 aliphatic rings. The van der Waals surface area contributed by atoms with Crippen molar-refractivity contribution in [2.75, 3.05) is 6.54 Å². The summed E-state index contributed by atoms with van der Waals surface area (Å²) in [5.41, 5.74) is 0. The number of nitrogens with one attached hydrogen (secondary N) is 2. The Hall–Kier alpha value is -0.570. The Morgan fingerprint density at radius 1 is 0.531 bits per heavy atom. The highest BCUT2D eigenvalue weighted by molar-refractivity contribution is 5.76. The number of unbranched alkanes of at least 4 members (excludes halogenated alkanes) is 19. The third kappa shape index (κ3) is 24.1. The molecule has 3 nitrogen and oxygen atoms in total. The summed E-state index contributed by atoms with van der Waals surface area (Å²) in [5.74, 6) is 0.216. The highest BCUT2D eigenvalue weighted by Crippen LogP contribution is 2.14. The fraction of sp³-hybridized carbons (Fsp3) is 0.966. The molecule has 1 amide bonds. The molecule has 0 heterocycles. The molecule has 0 aromatic carbocycles. The van der Waals surface area contributed by atoms with Gasteiger partial charge in [-0.15, -0.1) is 0 Å². The second-order valence-electron chi connectivity index (χ2n) is 9.95. The summed E-state index contributed by atoms with van der Waals surface area (Å²) in [7, 11) is 0. The van der Waals surface area contributed by atoms with Crippen LogP contribution in [0.25, 0.3) is 0 Å². The van der Waals surface area contributed by atoms with E-state index in [0.29, 0.717) is 6.42 Å². The van der Waals surface area contributed by atoms with Gasteiger partial charge in [0.1, 0.15) is 0 Å². The summed E-state index contributed by atoms with van der Waals surface area (Å²) >= 11 is 0. The number of carbonyl (C=O) groups excluding carboxylic acids is 1. The predicted octanol–water partition coefficient (Wildman–Crippen LogP) is 9.05. The first kappa shape index (κ1) is 31.4. The summed E-state index contributed by atoms with van der Waals surface area (Å²) < 4.78 is 0. The third-order valence-electron chi connectivity index (χ3n) is 6.67. The summed E-state index contributed by atoms with van der Waals surface area (Å²) in [6.07, 6.45) is 30.5. The lowest BCUT2D eigenvalue weighted by Gasteiger charge is -2.18. The Kier molecular flexibility index (Phi) is 26.2. The Morgan fingerprint density at radius 3 is 1.28 bits per heavy atom. The molecule has 0 radical (unpaired) electrons. The van der Waals surface area contributed by atoms with Crippen molar-refractivity contribution in [3.05, 3.63) is 0 Å². The van der Waals surface area contributed by atoms with Crippen LogP contribution in [-0.4, -0.2) is 18.6 Å². The van der Waals surface area contributed by atoms with Crippen LogP contribution >= 0.6 is 0 Å². The Balaban J connectivity index is 3.25. The summed E-state index contributed by atoms with van der Waals surface area (Å²) in [6.45, 7) is 7.61. The average molecular weight is 453 g/mol. The predicted molar refractivity (Wildman–Crippen MR) is 143 cm³/mol. The van der Waals surface area contributed by atoms with E-state index in [1.165, 1.54) is 128 Å². The molecule has 0 spiro atoms. The molecule has 1 unspecified atom stereocenters. The van der Waals surface area contributed by atoms with Crippen LogP contribution in [0.3, 0.4) is 0 Å². The number of hydrogen-bond acceptors (Lipinski definition) is 2. The van der Waals surface area contributed by atoms with Crippen molar-refractivity contribution in [1.82, 2.24) is 10.6 Å². The lowest BCUT2D eigenvalue weighted by atomic mass is 10.0. The number of hydrogen-bond donors (Lipinski definition) is 2. The third-order valence-corrected chi connectivity index (χ3v) is 6.67. The molecule has 32 heavy (non-hydrogen) atoms. The average Bonchev–Trinajstić information content (AvgIpc) is 2.80. The van der Waals surface area contributed by atoms with E-state index in [1.807, 2.05) is 0 Å². The van der Waals surface area contributed by atoms with E-state index in [-0.39, 0.29) is 12.1 Å². The molecule has 3 heteroatoms. The van der Waals surface area contributed by atoms with Crippen LogP contribution in [0, 0.1) is 0 Å². The maximum Gasteiger partial charge on any atom is 0.221 e. The van der Waals surface area contributed by atoms with E-state index in [2.05, 4.69) is 31.4 Å². The molecule has 2 N–H and O–H groups in total. The van der Waals surface area contributed by atoms with Gasteiger partial charge in [0.15, 0.2) is 0 Å². The Morgan fingerprint density at radius 2 is 0.906 bits per heavy atom. The molecule has 1 atom stereocenters. The van der Waals surface area contributed by atoms with Crippen molar-refractivity contribution in [3.63, 3.8) is 0 Å². The van der Waals surface area contributed by atoms with Gasteiger partial charge in [-0.05, 0) is 25.8 Å². The van der Waals surface area contributed by atoms with Crippen molar-refractivity contribution in [1.29, 1.82) is 0 Å². The van der Waals surface area contributed by atoms with Crippen molar-refractivity contribution in [2.45, 2.75) is 175 Å². The molecule has 0 aliphatic heterocycles. The second kappa shape index (κ2) is 26.7. The molecular formula is C29H60N2O. The molecule has 0 aromatic heterocycles. The molecule has 0 aliphatic carbocycles. The molecule has 192 valence electrons. The molecule has 0 saturated heterocycles. The monoisotopic (exact) mass is 452 g/mol. The maximum absolute atomic E-state index is 12.1. The number of rotatable bonds is 26. The fourth-order valence-corrected chi connectivity index (χ4v) is 4.38. The van der Waals surface area contributed by atoms with E-state index in [9.17, 15) is 4.79 Å². The Labute approximate surface area is 202 Å². The Bertz CT molecular complexity index is 372. The maximum atomic E-state index is 12.1. The molecule has 0 bridgehead atoms. The van der Waals surface area contributed by atoms with Crippen LogP contribution in [0.2, 0.25) is 0 Å². The summed E-state index contributed by atoms with van der Waals surface area (Å²) in [4.78, 5) is 12.1. The van der Waals surface area contributed by atoms with Gasteiger partial charge < -0.3 is 5.32 Å². The highest BCUT2D eigenvalue weighted by atomic mass is 16.1. The zero-order chi connectivity index (χ0) is 23.5. The molecule has 0 saturated carbocycles. The fourth-order valence-electron chi connectivity index (χ4n) is 4.38. The van der Waals surface area contributed by atoms with Gasteiger partial charge in [0, 0.05) is 6.42 Å². The first-order chi connectivity index (χ1) is 15.7. The largest absolute Gasteiger partial charge is 0.341 e. The summed E-state index contributed by atoms with van der Waals surface area (Å²) in [5, 5.41) is 6.57. The molecule has 0 rings (SSSR count). The SMILES string of the molecule is CCCCCCCCCCCCCCCCCCCCCC(=O)NC(CC)NCCCC.